The monoisotopic (exact) mass is 234 g/mol. The van der Waals surface area contributed by atoms with Crippen molar-refractivity contribution in [1.29, 1.82) is 0 Å². The highest BCUT2D eigenvalue weighted by atomic mass is 16.5. The summed E-state index contributed by atoms with van der Waals surface area (Å²) in [6.45, 7) is 8.09. The zero-order chi connectivity index (χ0) is 12.3. The van der Waals surface area contributed by atoms with Gasteiger partial charge in [-0.15, -0.1) is 0 Å². The summed E-state index contributed by atoms with van der Waals surface area (Å²) in [5.41, 5.74) is 9.28. The molecule has 1 fully saturated rings. The van der Waals surface area contributed by atoms with Crippen molar-refractivity contribution in [3.8, 4) is 0 Å². The molecule has 0 radical (unpaired) electrons. The number of nitrogen functional groups attached to an aromatic ring is 1. The lowest BCUT2D eigenvalue weighted by Gasteiger charge is -2.32. The van der Waals surface area contributed by atoms with Gasteiger partial charge in [0.1, 0.15) is 0 Å². The molecule has 0 amide bonds. The Balaban J connectivity index is 1.97. The van der Waals surface area contributed by atoms with Crippen LogP contribution in [0, 0.1) is 6.92 Å². The maximum atomic E-state index is 5.94. The molecule has 0 spiro atoms. The number of benzene rings is 1. The molecule has 3 heteroatoms. The molecule has 1 aliphatic rings. The Hall–Kier alpha value is -1.06. The molecule has 1 aliphatic heterocycles. The number of hydrogen-bond acceptors (Lipinski definition) is 3. The number of morpholine rings is 1. The van der Waals surface area contributed by atoms with Gasteiger partial charge >= 0.3 is 0 Å². The molecule has 0 aliphatic carbocycles. The molecule has 2 N–H and O–H groups in total. The summed E-state index contributed by atoms with van der Waals surface area (Å²) in [5, 5.41) is 0. The van der Waals surface area contributed by atoms with Crippen LogP contribution in [-0.2, 0) is 11.3 Å². The number of ether oxygens (including phenoxy) is 1. The number of aryl methyl sites for hydroxylation is 1. The topological polar surface area (TPSA) is 38.5 Å². The molecule has 2 rings (SSSR count). The van der Waals surface area contributed by atoms with Gasteiger partial charge in [0.2, 0.25) is 0 Å². The van der Waals surface area contributed by atoms with Gasteiger partial charge in [0.15, 0.2) is 0 Å². The van der Waals surface area contributed by atoms with Crippen molar-refractivity contribution in [2.24, 2.45) is 0 Å². The van der Waals surface area contributed by atoms with E-state index >= 15 is 0 Å². The molecule has 1 atom stereocenters. The fourth-order valence-electron chi connectivity index (χ4n) is 2.22. The lowest BCUT2D eigenvalue weighted by molar-refractivity contribution is -0.0324. The van der Waals surface area contributed by atoms with Gasteiger partial charge in [-0.25, -0.2) is 0 Å². The molecule has 94 valence electrons. The van der Waals surface area contributed by atoms with Crippen LogP contribution in [0.15, 0.2) is 18.2 Å². The highest BCUT2D eigenvalue weighted by Gasteiger charge is 2.18. The van der Waals surface area contributed by atoms with E-state index in [4.69, 9.17) is 10.5 Å². The first-order valence-electron chi connectivity index (χ1n) is 6.38. The summed E-state index contributed by atoms with van der Waals surface area (Å²) in [6.07, 6.45) is 1.48. The Morgan fingerprint density at radius 1 is 1.47 bits per heavy atom. The Morgan fingerprint density at radius 3 is 3.00 bits per heavy atom. The second kappa shape index (κ2) is 5.52. The average molecular weight is 234 g/mol. The zero-order valence-corrected chi connectivity index (χ0v) is 10.8. The van der Waals surface area contributed by atoms with Crippen LogP contribution >= 0.6 is 0 Å². The Labute approximate surface area is 104 Å². The van der Waals surface area contributed by atoms with Crippen LogP contribution in [0.1, 0.15) is 24.5 Å². The molecular weight excluding hydrogens is 212 g/mol. The molecule has 1 aromatic rings. The summed E-state index contributed by atoms with van der Waals surface area (Å²) in [7, 11) is 0. The van der Waals surface area contributed by atoms with E-state index in [1.807, 2.05) is 6.92 Å². The molecule has 0 aromatic heterocycles. The van der Waals surface area contributed by atoms with Crippen molar-refractivity contribution in [2.75, 3.05) is 25.4 Å². The van der Waals surface area contributed by atoms with Crippen LogP contribution in [0.2, 0.25) is 0 Å². The van der Waals surface area contributed by atoms with Crippen molar-refractivity contribution >= 4 is 5.69 Å². The summed E-state index contributed by atoms with van der Waals surface area (Å²) >= 11 is 0. The van der Waals surface area contributed by atoms with E-state index in [0.717, 1.165) is 43.9 Å². The Bertz CT molecular complexity index is 378. The van der Waals surface area contributed by atoms with Crippen molar-refractivity contribution in [3.05, 3.63) is 29.3 Å². The normalized spacial score (nSPS) is 21.6. The summed E-state index contributed by atoms with van der Waals surface area (Å²) in [5.74, 6) is 0. The molecule has 0 saturated carbocycles. The largest absolute Gasteiger partial charge is 0.399 e. The Morgan fingerprint density at radius 2 is 2.29 bits per heavy atom. The molecule has 0 bridgehead atoms. The van der Waals surface area contributed by atoms with Crippen molar-refractivity contribution in [1.82, 2.24) is 4.90 Å². The van der Waals surface area contributed by atoms with Gasteiger partial charge in [0.25, 0.3) is 0 Å². The van der Waals surface area contributed by atoms with Crippen LogP contribution in [0.25, 0.3) is 0 Å². The molecule has 17 heavy (non-hydrogen) atoms. The predicted molar refractivity (Wildman–Crippen MR) is 70.9 cm³/mol. The SMILES string of the molecule is CCC1CN(Cc2ccc(C)c(N)c2)CCO1. The minimum atomic E-state index is 0.395. The van der Waals surface area contributed by atoms with Gasteiger partial charge in [-0.1, -0.05) is 19.1 Å². The van der Waals surface area contributed by atoms with E-state index in [9.17, 15) is 0 Å². The van der Waals surface area contributed by atoms with Gasteiger partial charge in [0.05, 0.1) is 12.7 Å². The molecule has 3 nitrogen and oxygen atoms in total. The standard InChI is InChI=1S/C14H22N2O/c1-3-13-10-16(6-7-17-13)9-12-5-4-11(2)14(15)8-12/h4-5,8,13H,3,6-7,9-10,15H2,1-2H3. The second-order valence-corrected chi connectivity index (χ2v) is 4.83. The van der Waals surface area contributed by atoms with E-state index in [1.165, 1.54) is 5.56 Å². The molecule has 1 heterocycles. The van der Waals surface area contributed by atoms with Gasteiger partial charge in [-0.2, -0.15) is 0 Å². The van der Waals surface area contributed by atoms with Crippen LogP contribution < -0.4 is 5.73 Å². The maximum Gasteiger partial charge on any atom is 0.0700 e. The predicted octanol–water partition coefficient (Wildman–Crippen LogP) is 2.19. The van der Waals surface area contributed by atoms with Gasteiger partial charge < -0.3 is 10.5 Å². The van der Waals surface area contributed by atoms with Crippen LogP contribution in [0.5, 0.6) is 0 Å². The molecular formula is C14H22N2O. The maximum absolute atomic E-state index is 5.94. The van der Waals surface area contributed by atoms with Gasteiger partial charge in [0, 0.05) is 25.3 Å². The van der Waals surface area contributed by atoms with E-state index in [1.54, 1.807) is 0 Å². The number of anilines is 1. The van der Waals surface area contributed by atoms with Crippen molar-refractivity contribution < 1.29 is 4.74 Å². The minimum Gasteiger partial charge on any atom is -0.399 e. The molecule has 1 aromatic carbocycles. The van der Waals surface area contributed by atoms with Crippen LogP contribution in [0.3, 0.4) is 0 Å². The van der Waals surface area contributed by atoms with Crippen LogP contribution in [-0.4, -0.2) is 30.7 Å². The van der Waals surface area contributed by atoms with E-state index in [2.05, 4.69) is 30.0 Å². The summed E-state index contributed by atoms with van der Waals surface area (Å²) in [6, 6.07) is 6.36. The van der Waals surface area contributed by atoms with Crippen molar-refractivity contribution in [2.45, 2.75) is 32.9 Å². The third-order valence-electron chi connectivity index (χ3n) is 3.43. The van der Waals surface area contributed by atoms with Gasteiger partial charge in [-0.05, 0) is 30.5 Å². The smallest absolute Gasteiger partial charge is 0.0700 e. The van der Waals surface area contributed by atoms with E-state index < -0.39 is 0 Å². The highest BCUT2D eigenvalue weighted by molar-refractivity contribution is 5.48. The Kier molecular flexibility index (Phi) is 4.02. The first kappa shape index (κ1) is 12.4. The summed E-state index contributed by atoms with van der Waals surface area (Å²) < 4.78 is 5.67. The summed E-state index contributed by atoms with van der Waals surface area (Å²) in [4.78, 5) is 2.45. The highest BCUT2D eigenvalue weighted by Crippen LogP contribution is 2.16. The third kappa shape index (κ3) is 3.20. The van der Waals surface area contributed by atoms with Gasteiger partial charge in [-0.3, -0.25) is 4.90 Å². The lowest BCUT2D eigenvalue weighted by Crippen LogP contribution is -2.41. The van der Waals surface area contributed by atoms with E-state index in [0.29, 0.717) is 6.10 Å². The average Bonchev–Trinajstić information content (AvgIpc) is 2.34. The molecule has 1 saturated heterocycles. The zero-order valence-electron chi connectivity index (χ0n) is 10.8. The number of nitrogens with zero attached hydrogens (tertiary/aromatic N) is 1. The van der Waals surface area contributed by atoms with E-state index in [-0.39, 0.29) is 0 Å². The fourth-order valence-corrected chi connectivity index (χ4v) is 2.22. The minimum absolute atomic E-state index is 0.395. The van der Waals surface area contributed by atoms with Crippen LogP contribution in [0.4, 0.5) is 5.69 Å². The molecule has 1 unspecified atom stereocenters. The second-order valence-electron chi connectivity index (χ2n) is 4.83. The fraction of sp³-hybridized carbons (Fsp3) is 0.571. The number of nitrogens with two attached hydrogens (primary N) is 1. The first-order chi connectivity index (χ1) is 8.19. The number of hydrogen-bond donors (Lipinski definition) is 1. The lowest BCUT2D eigenvalue weighted by atomic mass is 10.1. The van der Waals surface area contributed by atoms with Crippen molar-refractivity contribution in [3.63, 3.8) is 0 Å². The first-order valence-corrected chi connectivity index (χ1v) is 6.38. The quantitative estimate of drug-likeness (QED) is 0.815. The third-order valence-corrected chi connectivity index (χ3v) is 3.43. The number of rotatable bonds is 3.